The summed E-state index contributed by atoms with van der Waals surface area (Å²) in [4.78, 5) is 2.51. The van der Waals surface area contributed by atoms with Gasteiger partial charge in [0.25, 0.3) is 0 Å². The Morgan fingerprint density at radius 1 is 0.722 bits per heavy atom. The van der Waals surface area contributed by atoms with Crippen molar-refractivity contribution in [1.82, 2.24) is 10.2 Å². The van der Waals surface area contributed by atoms with Crippen LogP contribution in [0.5, 0.6) is 0 Å². The van der Waals surface area contributed by atoms with Crippen molar-refractivity contribution in [2.45, 2.75) is 140 Å². The highest BCUT2D eigenvalue weighted by molar-refractivity contribution is 5.33. The summed E-state index contributed by atoms with van der Waals surface area (Å²) in [5, 5.41) is 3.72. The van der Waals surface area contributed by atoms with Crippen molar-refractivity contribution in [1.29, 1.82) is 0 Å². The lowest BCUT2D eigenvalue weighted by molar-refractivity contribution is -0.146. The van der Waals surface area contributed by atoms with Crippen LogP contribution in [-0.2, 0) is 0 Å². The molecule has 2 heteroatoms. The van der Waals surface area contributed by atoms with Crippen LogP contribution >= 0.6 is 0 Å². The molecule has 0 aromatic heterocycles. The summed E-state index contributed by atoms with van der Waals surface area (Å²) in [6.07, 6.45) is 11.8. The van der Waals surface area contributed by atoms with E-state index in [-0.39, 0.29) is 0 Å². The molecular weight excluding hydrogens is 436 g/mol. The van der Waals surface area contributed by atoms with Gasteiger partial charge in [-0.3, -0.25) is 0 Å². The predicted molar refractivity (Wildman–Crippen MR) is 159 cm³/mol. The fourth-order valence-corrected chi connectivity index (χ4v) is 11.8. The molecule has 0 aromatic carbocycles. The van der Waals surface area contributed by atoms with E-state index in [2.05, 4.69) is 93.7 Å². The molecule has 2 spiro atoms. The Morgan fingerprint density at radius 3 is 1.78 bits per heavy atom. The summed E-state index contributed by atoms with van der Waals surface area (Å²) < 4.78 is 0. The van der Waals surface area contributed by atoms with E-state index < -0.39 is 0 Å². The number of fused-ring (bicyclic) bond motifs is 2. The first kappa shape index (κ1) is 30.5. The van der Waals surface area contributed by atoms with Crippen LogP contribution in [-0.4, -0.2) is 38.1 Å². The van der Waals surface area contributed by atoms with Gasteiger partial charge in [-0.1, -0.05) is 69.2 Å². The van der Waals surface area contributed by atoms with Gasteiger partial charge in [-0.2, -0.15) is 0 Å². The third-order valence-electron chi connectivity index (χ3n) is 13.6. The molecule has 0 heterocycles. The molecule has 5 saturated carbocycles. The second-order valence-corrected chi connectivity index (χ2v) is 15.6. The number of rotatable bonds is 3. The summed E-state index contributed by atoms with van der Waals surface area (Å²) in [6.45, 7) is 26.4. The predicted octanol–water partition coefficient (Wildman–Crippen LogP) is 8.90. The van der Waals surface area contributed by atoms with Gasteiger partial charge in [-0.15, -0.1) is 0 Å². The Morgan fingerprint density at radius 2 is 1.25 bits per heavy atom. The second kappa shape index (κ2) is 10.1. The lowest BCUT2D eigenvalue weighted by Gasteiger charge is -2.63. The minimum absolute atomic E-state index is 0.440. The van der Waals surface area contributed by atoms with Gasteiger partial charge in [-0.05, 0) is 136 Å². The summed E-state index contributed by atoms with van der Waals surface area (Å²) >= 11 is 0. The molecule has 212 valence electrons. The minimum atomic E-state index is 0.440. The second-order valence-electron chi connectivity index (χ2n) is 15.6. The normalized spacial score (nSPS) is 48.8. The maximum Gasteiger partial charge on any atom is 0.0118 e. The van der Waals surface area contributed by atoms with Gasteiger partial charge in [0.2, 0.25) is 0 Å². The van der Waals surface area contributed by atoms with Crippen molar-refractivity contribution in [3.05, 3.63) is 0 Å². The molecule has 0 aromatic rings. The van der Waals surface area contributed by atoms with Gasteiger partial charge in [-0.25, -0.2) is 0 Å². The minimum Gasteiger partial charge on any atom is -0.316 e. The maximum absolute atomic E-state index is 3.72. The lowest BCUT2D eigenvalue weighted by atomic mass is 9.42. The van der Waals surface area contributed by atoms with Crippen LogP contribution in [0.3, 0.4) is 0 Å². The van der Waals surface area contributed by atoms with E-state index in [0.29, 0.717) is 39.2 Å². The Bertz CT molecular complexity index is 754. The topological polar surface area (TPSA) is 15.3 Å². The Labute approximate surface area is 227 Å². The van der Waals surface area contributed by atoms with Crippen molar-refractivity contribution in [2.75, 3.05) is 21.1 Å². The van der Waals surface area contributed by atoms with Gasteiger partial charge < -0.3 is 10.2 Å². The average molecular weight is 503 g/mol. The van der Waals surface area contributed by atoms with Crippen molar-refractivity contribution in [2.24, 2.45) is 56.7 Å². The number of hydrogen-bond donors (Lipinski definition) is 1. The highest BCUT2D eigenvalue weighted by Gasteiger charge is 2.85. The summed E-state index contributed by atoms with van der Waals surface area (Å²) in [5.41, 5.74) is 2.83. The first-order valence-electron chi connectivity index (χ1n) is 16.0. The third-order valence-corrected chi connectivity index (χ3v) is 13.6. The molecule has 0 saturated heterocycles. The maximum atomic E-state index is 3.72. The van der Waals surface area contributed by atoms with Crippen LogP contribution in [0.2, 0.25) is 0 Å². The summed E-state index contributed by atoms with van der Waals surface area (Å²) in [7, 11) is 6.82. The van der Waals surface area contributed by atoms with E-state index in [4.69, 9.17) is 0 Å². The molecule has 0 radical (unpaired) electrons. The first-order valence-corrected chi connectivity index (χ1v) is 16.0. The van der Waals surface area contributed by atoms with Crippen LogP contribution in [0.25, 0.3) is 0 Å². The molecule has 5 fully saturated rings. The molecule has 3 unspecified atom stereocenters. The van der Waals surface area contributed by atoms with E-state index in [1.807, 2.05) is 13.8 Å². The third kappa shape index (κ3) is 3.83. The van der Waals surface area contributed by atoms with Crippen molar-refractivity contribution < 1.29 is 0 Å². The van der Waals surface area contributed by atoms with Crippen molar-refractivity contribution >= 4 is 0 Å². The van der Waals surface area contributed by atoms with Crippen LogP contribution in [0, 0.1) is 56.7 Å². The van der Waals surface area contributed by atoms with Crippen LogP contribution in [0.1, 0.15) is 128 Å². The molecule has 0 aliphatic heterocycles. The van der Waals surface area contributed by atoms with Gasteiger partial charge in [0.15, 0.2) is 0 Å². The number of hydrogen-bond acceptors (Lipinski definition) is 2. The zero-order valence-corrected chi connectivity index (χ0v) is 27.1. The van der Waals surface area contributed by atoms with Gasteiger partial charge >= 0.3 is 0 Å². The summed E-state index contributed by atoms with van der Waals surface area (Å²) in [6, 6.07) is 1.41. The van der Waals surface area contributed by atoms with E-state index in [1.165, 1.54) is 51.4 Å². The van der Waals surface area contributed by atoms with E-state index in [1.54, 1.807) is 0 Å². The van der Waals surface area contributed by atoms with E-state index >= 15 is 0 Å². The molecule has 5 rings (SSSR count). The van der Waals surface area contributed by atoms with Crippen LogP contribution in [0.15, 0.2) is 0 Å². The molecule has 10 atom stereocenters. The highest BCUT2D eigenvalue weighted by Crippen LogP contribution is 2.91. The fourth-order valence-electron chi connectivity index (χ4n) is 11.8. The van der Waals surface area contributed by atoms with Crippen LogP contribution in [0.4, 0.5) is 0 Å². The molecule has 5 aliphatic carbocycles. The lowest BCUT2D eigenvalue weighted by Crippen LogP contribution is -2.59. The SMILES string of the molecule is CC.CC(C)C.CN[C@H]1CCC23C(C)C24CC[C@]2(C)[C@@H]([C@H](C)N(C)C)CC[C@@]2(C)[C@@H]4CC[C@H]3C1(C)C. The zero-order chi connectivity index (χ0) is 27.5. The van der Waals surface area contributed by atoms with Gasteiger partial charge in [0.05, 0.1) is 0 Å². The molecule has 5 aliphatic rings. The zero-order valence-electron chi connectivity index (χ0n) is 27.1. The standard InChI is InChI=1S/C28H50N2.C4H10.C2H6/c1-18(30(8)9)20-12-14-26(6)22-11-10-21-24(3,4)23(29-7)13-15-27(21)19(2)28(22,27)17-16-25(20,26)5;1-4(2)3;1-2/h18-23,29H,10-17H2,1-9H3;4H,1-3H3;1-2H3/t18-,19?,20+,21-,22-,23-,25+,26-,27?,28?;;/m0../s1. The quantitative estimate of drug-likeness (QED) is 0.414. The smallest absolute Gasteiger partial charge is 0.0118 e. The Hall–Kier alpha value is -0.0800. The number of nitrogens with one attached hydrogen (secondary N) is 1. The first-order chi connectivity index (χ1) is 16.7. The molecule has 36 heavy (non-hydrogen) atoms. The highest BCUT2D eigenvalue weighted by atomic mass is 15.1. The molecule has 0 amide bonds. The summed E-state index contributed by atoms with van der Waals surface area (Å²) in [5.74, 6) is 4.55. The monoisotopic (exact) mass is 503 g/mol. The molecule has 0 bridgehead atoms. The fraction of sp³-hybridized carbons (Fsp3) is 1.00. The van der Waals surface area contributed by atoms with Gasteiger partial charge in [0, 0.05) is 12.1 Å². The van der Waals surface area contributed by atoms with Crippen molar-refractivity contribution in [3.8, 4) is 0 Å². The Kier molecular flexibility index (Phi) is 8.59. The van der Waals surface area contributed by atoms with Crippen LogP contribution < -0.4 is 5.32 Å². The number of nitrogens with zero attached hydrogens (tertiary/aromatic N) is 1. The van der Waals surface area contributed by atoms with Gasteiger partial charge in [0.1, 0.15) is 0 Å². The molecular formula is C34H66N2. The van der Waals surface area contributed by atoms with E-state index in [9.17, 15) is 0 Å². The molecule has 1 N–H and O–H groups in total. The Balaban J connectivity index is 0.000000550. The van der Waals surface area contributed by atoms with E-state index in [0.717, 1.165) is 29.6 Å². The average Bonchev–Trinajstić information content (AvgIpc) is 3.20. The van der Waals surface area contributed by atoms with Crippen molar-refractivity contribution in [3.63, 3.8) is 0 Å². The molecule has 2 nitrogen and oxygen atoms in total. The largest absolute Gasteiger partial charge is 0.316 e.